The van der Waals surface area contributed by atoms with Crippen LogP contribution in [0.15, 0.2) is 182 Å². The third kappa shape index (κ3) is 11.6. The minimum atomic E-state index is -0.877. The molecule has 7 heteroatoms. The summed E-state index contributed by atoms with van der Waals surface area (Å²) in [6.07, 6.45) is 0. The summed E-state index contributed by atoms with van der Waals surface area (Å²) >= 11 is 8.66. The molecule has 0 radical (unpaired) electrons. The molecule has 0 unspecified atom stereocenters. The zero-order valence-electron chi connectivity index (χ0n) is 23.3. The molecule has 0 saturated heterocycles. The van der Waals surface area contributed by atoms with Crippen LogP contribution < -0.4 is 31.8 Å². The van der Waals surface area contributed by atoms with Crippen LogP contribution in [0.4, 0.5) is 0 Å². The van der Waals surface area contributed by atoms with E-state index in [4.69, 9.17) is 0 Å². The molecule has 0 fully saturated rings. The van der Waals surface area contributed by atoms with E-state index in [9.17, 15) is 0 Å². The van der Waals surface area contributed by atoms with Crippen LogP contribution >= 0.6 is 35.5 Å². The third-order valence-electron chi connectivity index (χ3n) is 6.40. The van der Waals surface area contributed by atoms with E-state index >= 15 is 0 Å². The largest absolute Gasteiger partial charge is 2.00 e. The molecule has 0 spiro atoms. The second-order valence-electron chi connectivity index (χ2n) is 9.08. The minimum Gasteiger partial charge on any atom is -0.709 e. The van der Waals surface area contributed by atoms with E-state index in [1.165, 1.54) is 51.5 Å². The normalized spacial score (nSPS) is 10.0. The first kappa shape index (κ1) is 35.7. The van der Waals surface area contributed by atoms with Crippen molar-refractivity contribution in [2.45, 2.75) is 0 Å². The van der Waals surface area contributed by atoms with Gasteiger partial charge in [-0.25, -0.2) is 0 Å². The van der Waals surface area contributed by atoms with Gasteiger partial charge in [-0.1, -0.05) is 109 Å². The molecule has 0 saturated carbocycles. The van der Waals surface area contributed by atoms with Crippen molar-refractivity contribution in [2.24, 2.45) is 0 Å². The molecule has 0 aliphatic rings. The summed E-state index contributed by atoms with van der Waals surface area (Å²) < 4.78 is 0. The standard InChI is InChI=1S/2C18H15P.Pt.H2S4/c2*1-4-10-16(11-5-1)19(17-12-6-2-7-13-17)18-14-8-3-9-15-18;;1-3-4-2/h2*1-15H;;1-2H/q;;+2;. The smallest absolute Gasteiger partial charge is 0.709 e. The maximum absolute atomic E-state index is 4.33. The van der Waals surface area contributed by atoms with Crippen molar-refractivity contribution in [3.05, 3.63) is 182 Å². The molecule has 0 amide bonds. The maximum Gasteiger partial charge on any atom is 2.00 e. The van der Waals surface area contributed by atoms with Gasteiger partial charge in [-0.3, -0.25) is 19.7 Å². The molecule has 0 aliphatic carbocycles. The van der Waals surface area contributed by atoms with Crippen molar-refractivity contribution in [3.63, 3.8) is 0 Å². The van der Waals surface area contributed by atoms with Gasteiger partial charge in [-0.15, -0.1) is 0 Å². The molecule has 0 N–H and O–H groups in total. The van der Waals surface area contributed by atoms with Gasteiger partial charge in [0.25, 0.3) is 0 Å². The predicted octanol–water partition coefficient (Wildman–Crippen LogP) is 7.64. The Morgan fingerprint density at radius 3 is 0.535 bits per heavy atom. The first-order chi connectivity index (χ1) is 20.8. The van der Waals surface area contributed by atoms with Gasteiger partial charge < -0.3 is 23.3 Å². The van der Waals surface area contributed by atoms with Gasteiger partial charge in [-0.2, -0.15) is 0 Å². The van der Waals surface area contributed by atoms with E-state index in [0.29, 0.717) is 0 Å². The van der Waals surface area contributed by atoms with E-state index in [-0.39, 0.29) is 21.1 Å². The van der Waals surface area contributed by atoms with Crippen molar-refractivity contribution in [1.29, 1.82) is 0 Å². The number of hydrogen-bond acceptors (Lipinski definition) is 4. The average molecular weight is 850 g/mol. The molecular weight excluding hydrogens is 818 g/mol. The fraction of sp³-hybridized carbons (Fsp3) is 0. The van der Waals surface area contributed by atoms with Crippen LogP contribution in [-0.2, 0) is 44.4 Å². The van der Waals surface area contributed by atoms with Crippen LogP contribution in [-0.4, -0.2) is 0 Å². The van der Waals surface area contributed by atoms with E-state index < -0.39 is 15.8 Å². The van der Waals surface area contributed by atoms with Crippen molar-refractivity contribution < 1.29 is 21.1 Å². The second kappa shape index (κ2) is 21.1. The van der Waals surface area contributed by atoms with Crippen molar-refractivity contribution in [3.8, 4) is 0 Å². The Morgan fingerprint density at radius 1 is 0.279 bits per heavy atom. The van der Waals surface area contributed by atoms with Crippen LogP contribution in [0.25, 0.3) is 0 Å². The van der Waals surface area contributed by atoms with Gasteiger partial charge >= 0.3 is 21.1 Å². The van der Waals surface area contributed by atoms with Crippen molar-refractivity contribution >= 4 is 90.6 Å². The van der Waals surface area contributed by atoms with Crippen LogP contribution in [0.3, 0.4) is 0 Å². The number of hydrogen-bond donors (Lipinski definition) is 0. The van der Waals surface area contributed by atoms with Crippen LogP contribution in [0, 0.1) is 0 Å². The van der Waals surface area contributed by atoms with Crippen molar-refractivity contribution in [1.82, 2.24) is 0 Å². The number of benzene rings is 6. The van der Waals surface area contributed by atoms with Crippen molar-refractivity contribution in [2.75, 3.05) is 0 Å². The molecule has 6 aromatic carbocycles. The molecule has 6 aromatic rings. The first-order valence-electron chi connectivity index (χ1n) is 13.5. The molecule has 0 bridgehead atoms. The molecule has 6 rings (SSSR count). The monoisotopic (exact) mass is 849 g/mol. The maximum atomic E-state index is 4.33. The summed E-state index contributed by atoms with van der Waals surface area (Å²) in [4.78, 5) is 0. The quantitative estimate of drug-likeness (QED) is 0.0921. The fourth-order valence-electron chi connectivity index (χ4n) is 4.63. The molecule has 0 heterocycles. The second-order valence-corrected chi connectivity index (χ2v) is 17.6. The molecule has 0 aromatic heterocycles. The van der Waals surface area contributed by atoms with E-state index in [1.54, 1.807) is 0 Å². The molecular formula is C36H32P2PtS4+2. The molecule has 0 atom stereocenters. The summed E-state index contributed by atoms with van der Waals surface area (Å²) in [5, 5.41) is 8.61. The summed E-state index contributed by atoms with van der Waals surface area (Å²) in [7, 11) is 0.588. The Kier molecular flexibility index (Phi) is 17.5. The number of rotatable bonds is 7. The Labute approximate surface area is 291 Å². The van der Waals surface area contributed by atoms with Crippen LogP contribution in [0.5, 0.6) is 0 Å². The first-order valence-corrected chi connectivity index (χ1v) is 20.5. The Balaban J connectivity index is 0.000000206. The minimum absolute atomic E-state index is 0. The van der Waals surface area contributed by atoms with Crippen LogP contribution in [0.1, 0.15) is 0 Å². The summed E-state index contributed by atoms with van der Waals surface area (Å²) in [5.74, 6) is 0. The van der Waals surface area contributed by atoms with E-state index in [1.807, 2.05) is 0 Å². The van der Waals surface area contributed by atoms with Gasteiger partial charge in [-0.05, 0) is 72.8 Å². The van der Waals surface area contributed by atoms with E-state index in [2.05, 4.69) is 205 Å². The van der Waals surface area contributed by atoms with Gasteiger partial charge in [0.05, 0.1) is 15.8 Å². The predicted molar refractivity (Wildman–Crippen MR) is 203 cm³/mol. The Morgan fingerprint density at radius 2 is 0.419 bits per heavy atom. The van der Waals surface area contributed by atoms with E-state index in [0.717, 1.165) is 0 Å². The SMILES string of the molecule is [Pt+2].[S-]SS[S-].c1ccc([PH+](c2ccccc2)c2ccccc2)cc1.c1ccc([PH+](c2ccccc2)c2ccccc2)cc1. The third-order valence-corrected chi connectivity index (χ3v) is 14.1. The van der Waals surface area contributed by atoms with Gasteiger partial charge in [0.2, 0.25) is 0 Å². The summed E-state index contributed by atoms with van der Waals surface area (Å²) in [6, 6.07) is 65.0. The topological polar surface area (TPSA) is 0 Å². The van der Waals surface area contributed by atoms with Gasteiger partial charge in [0.1, 0.15) is 31.8 Å². The summed E-state index contributed by atoms with van der Waals surface area (Å²) in [6.45, 7) is 0. The zero-order chi connectivity index (χ0) is 29.2. The van der Waals surface area contributed by atoms with Gasteiger partial charge in [0.15, 0.2) is 0 Å². The van der Waals surface area contributed by atoms with Crippen LogP contribution in [0.2, 0.25) is 0 Å². The zero-order valence-corrected chi connectivity index (χ0v) is 30.8. The average Bonchev–Trinajstić information content (AvgIpc) is 3.08. The molecule has 0 aliphatic heterocycles. The molecule has 218 valence electrons. The fourth-order valence-corrected chi connectivity index (χ4v) is 9.78. The Bertz CT molecular complexity index is 1220. The molecule has 43 heavy (non-hydrogen) atoms. The Hall–Kier alpha value is -1.73. The van der Waals surface area contributed by atoms with Gasteiger partial charge in [0, 0.05) is 0 Å². The summed E-state index contributed by atoms with van der Waals surface area (Å²) in [5.41, 5.74) is 0. The molecule has 0 nitrogen and oxygen atoms in total.